The fraction of sp³-hybridized carbons (Fsp3) is 0.308. The summed E-state index contributed by atoms with van der Waals surface area (Å²) in [6.45, 7) is 0. The molecular formula is C26H20N2O4. The lowest BCUT2D eigenvalue weighted by Gasteiger charge is -2.60. The van der Waals surface area contributed by atoms with Crippen LogP contribution in [0.25, 0.3) is 0 Å². The van der Waals surface area contributed by atoms with E-state index < -0.39 is 23.7 Å². The smallest absolute Gasteiger partial charge is 0.238 e. The fourth-order valence-corrected chi connectivity index (χ4v) is 7.26. The number of nitrogens with zero attached hydrogens (tertiary/aromatic N) is 2. The van der Waals surface area contributed by atoms with E-state index in [0.717, 1.165) is 0 Å². The molecule has 2 bridgehead atoms. The molecule has 8 atom stereocenters. The lowest BCUT2D eigenvalue weighted by atomic mass is 9.40. The Morgan fingerprint density at radius 1 is 0.469 bits per heavy atom. The Labute approximate surface area is 184 Å². The molecule has 2 aliphatic heterocycles. The summed E-state index contributed by atoms with van der Waals surface area (Å²) in [5, 5.41) is 0. The number of hydrogen-bond donors (Lipinski definition) is 0. The average Bonchev–Trinajstić information content (AvgIpc) is 3.19. The topological polar surface area (TPSA) is 74.8 Å². The van der Waals surface area contributed by atoms with Gasteiger partial charge in [0, 0.05) is 0 Å². The Morgan fingerprint density at radius 3 is 1.19 bits per heavy atom. The Hall–Kier alpha value is -3.54. The SMILES string of the molecule is O=C1[C@@H]2[C@@H]3C=C[C@@H]([C@@H]2C(=O)N1c1ccccc1)[C@H]1[C@H]2C(=O)N(c4ccccc4)C(=O)[C@@H]2[C@H]31. The van der Waals surface area contributed by atoms with Gasteiger partial charge >= 0.3 is 0 Å². The number of amides is 4. The van der Waals surface area contributed by atoms with E-state index in [1.54, 1.807) is 24.3 Å². The Morgan fingerprint density at radius 2 is 0.812 bits per heavy atom. The highest BCUT2D eigenvalue weighted by atomic mass is 16.2. The number of benzene rings is 2. The van der Waals surface area contributed by atoms with Crippen molar-refractivity contribution in [2.75, 3.05) is 9.80 Å². The summed E-state index contributed by atoms with van der Waals surface area (Å²) in [4.78, 5) is 56.2. The number of hydrogen-bond acceptors (Lipinski definition) is 4. The molecule has 158 valence electrons. The third kappa shape index (κ3) is 1.96. The Balaban J connectivity index is 1.27. The van der Waals surface area contributed by atoms with E-state index >= 15 is 0 Å². The second kappa shape index (κ2) is 6.03. The number of carbonyl (C=O) groups excluding carboxylic acids is 4. The second-order valence-corrected chi connectivity index (χ2v) is 9.49. The molecule has 2 aromatic rings. The summed E-state index contributed by atoms with van der Waals surface area (Å²) in [5.74, 6) is -2.89. The summed E-state index contributed by atoms with van der Waals surface area (Å²) in [5.41, 5.74) is 1.18. The van der Waals surface area contributed by atoms with Gasteiger partial charge < -0.3 is 0 Å². The van der Waals surface area contributed by atoms with Crippen LogP contribution in [-0.4, -0.2) is 23.6 Å². The number of allylic oxidation sites excluding steroid dienone is 2. The van der Waals surface area contributed by atoms with Gasteiger partial charge in [-0.05, 0) is 47.9 Å². The molecule has 32 heavy (non-hydrogen) atoms. The molecule has 2 heterocycles. The molecule has 0 unspecified atom stereocenters. The van der Waals surface area contributed by atoms with Gasteiger partial charge in [-0.1, -0.05) is 48.6 Å². The zero-order valence-corrected chi connectivity index (χ0v) is 17.1. The van der Waals surface area contributed by atoms with E-state index in [1.807, 2.05) is 48.6 Å². The number of para-hydroxylation sites is 2. The molecule has 0 N–H and O–H groups in total. The molecule has 6 heteroatoms. The molecular weight excluding hydrogens is 404 g/mol. The monoisotopic (exact) mass is 424 g/mol. The maximum absolute atomic E-state index is 13.4. The number of fused-ring (bicyclic) bond motifs is 1. The van der Waals surface area contributed by atoms with E-state index in [1.165, 1.54) is 9.80 Å². The standard InChI is InChI=1S/C26H20N2O4/c29-23-19-15-11-12-16(20(19)24(30)27(23)13-7-3-1-4-8-13)18-17(15)21-22(18)26(32)28(25(21)31)14-9-5-2-6-10-14/h1-12,15-22H/t15-,16-,17-,18-,19-,20+,21-,22-/m1/s1. The lowest BCUT2D eigenvalue weighted by Crippen LogP contribution is -2.63. The predicted octanol–water partition coefficient (Wildman–Crippen LogP) is 2.66. The van der Waals surface area contributed by atoms with Gasteiger partial charge in [0.25, 0.3) is 0 Å². The van der Waals surface area contributed by atoms with Crippen LogP contribution in [0.15, 0.2) is 72.8 Å². The summed E-state index contributed by atoms with van der Waals surface area (Å²) in [7, 11) is 0. The molecule has 2 saturated carbocycles. The molecule has 0 aromatic heterocycles. The first-order valence-electron chi connectivity index (χ1n) is 11.1. The maximum atomic E-state index is 13.4. The van der Waals surface area contributed by atoms with Crippen molar-refractivity contribution in [3.63, 3.8) is 0 Å². The van der Waals surface area contributed by atoms with Crippen molar-refractivity contribution in [1.82, 2.24) is 0 Å². The number of imide groups is 2. The first kappa shape index (κ1) is 18.1. The van der Waals surface area contributed by atoms with Gasteiger partial charge in [0.15, 0.2) is 0 Å². The first-order valence-corrected chi connectivity index (χ1v) is 11.1. The molecule has 0 radical (unpaired) electrons. The van der Waals surface area contributed by atoms with Crippen LogP contribution >= 0.6 is 0 Å². The maximum Gasteiger partial charge on any atom is 0.238 e. The normalized spacial score (nSPS) is 38.6. The van der Waals surface area contributed by atoms with Gasteiger partial charge in [0.05, 0.1) is 35.0 Å². The van der Waals surface area contributed by atoms with Crippen LogP contribution in [0.2, 0.25) is 0 Å². The van der Waals surface area contributed by atoms with Crippen molar-refractivity contribution in [3.05, 3.63) is 72.8 Å². The lowest BCUT2D eigenvalue weighted by molar-refractivity contribution is -0.166. The minimum absolute atomic E-state index is 0.0612. The highest BCUT2D eigenvalue weighted by Crippen LogP contribution is 2.68. The van der Waals surface area contributed by atoms with Crippen molar-refractivity contribution < 1.29 is 19.2 Å². The van der Waals surface area contributed by atoms with Gasteiger partial charge in [-0.3, -0.25) is 29.0 Å². The highest BCUT2D eigenvalue weighted by molar-refractivity contribution is 6.25. The van der Waals surface area contributed by atoms with Crippen LogP contribution in [0.1, 0.15) is 0 Å². The fourth-order valence-electron chi connectivity index (χ4n) is 7.26. The summed E-state index contributed by atoms with van der Waals surface area (Å²) >= 11 is 0. The van der Waals surface area contributed by atoms with Crippen LogP contribution in [0, 0.1) is 47.3 Å². The van der Waals surface area contributed by atoms with Gasteiger partial charge in [0.2, 0.25) is 23.6 Å². The minimum atomic E-state index is -0.450. The highest BCUT2D eigenvalue weighted by Gasteiger charge is 2.75. The molecule has 2 saturated heterocycles. The van der Waals surface area contributed by atoms with Crippen LogP contribution in [0.4, 0.5) is 11.4 Å². The second-order valence-electron chi connectivity index (χ2n) is 9.49. The molecule has 8 rings (SSSR count). The van der Waals surface area contributed by atoms with Gasteiger partial charge in [-0.25, -0.2) is 0 Å². The van der Waals surface area contributed by atoms with Crippen molar-refractivity contribution >= 4 is 35.0 Å². The molecule has 2 aromatic carbocycles. The predicted molar refractivity (Wildman–Crippen MR) is 115 cm³/mol. The van der Waals surface area contributed by atoms with Crippen molar-refractivity contribution in [2.45, 2.75) is 0 Å². The van der Waals surface area contributed by atoms with Gasteiger partial charge in [-0.2, -0.15) is 0 Å². The van der Waals surface area contributed by atoms with E-state index in [-0.39, 0.29) is 47.3 Å². The largest absolute Gasteiger partial charge is 0.274 e. The number of rotatable bonds is 2. The Bertz CT molecular complexity index is 1170. The zero-order valence-electron chi connectivity index (χ0n) is 17.1. The summed E-state index contributed by atoms with van der Waals surface area (Å²) in [6, 6.07) is 18.1. The minimum Gasteiger partial charge on any atom is -0.274 e. The summed E-state index contributed by atoms with van der Waals surface area (Å²) < 4.78 is 0. The third-order valence-corrected chi connectivity index (χ3v) is 8.37. The van der Waals surface area contributed by atoms with Crippen LogP contribution in [0.3, 0.4) is 0 Å². The quantitative estimate of drug-likeness (QED) is 0.549. The number of anilines is 2. The zero-order chi connectivity index (χ0) is 21.7. The summed E-state index contributed by atoms with van der Waals surface area (Å²) in [6.07, 6.45) is 4.07. The molecule has 4 aliphatic carbocycles. The van der Waals surface area contributed by atoms with E-state index in [4.69, 9.17) is 0 Å². The van der Waals surface area contributed by atoms with E-state index in [9.17, 15) is 19.2 Å². The van der Waals surface area contributed by atoms with Crippen molar-refractivity contribution in [2.24, 2.45) is 47.3 Å². The molecule has 6 aliphatic rings. The van der Waals surface area contributed by atoms with Crippen molar-refractivity contribution in [3.8, 4) is 0 Å². The van der Waals surface area contributed by atoms with E-state index in [0.29, 0.717) is 11.4 Å². The molecule has 0 spiro atoms. The van der Waals surface area contributed by atoms with Crippen LogP contribution < -0.4 is 9.80 Å². The first-order chi connectivity index (χ1) is 15.6. The van der Waals surface area contributed by atoms with Gasteiger partial charge in [-0.15, -0.1) is 0 Å². The number of carbonyl (C=O) groups is 4. The molecule has 4 fully saturated rings. The van der Waals surface area contributed by atoms with Gasteiger partial charge in [0.1, 0.15) is 0 Å². The molecule has 6 nitrogen and oxygen atoms in total. The van der Waals surface area contributed by atoms with Crippen LogP contribution in [-0.2, 0) is 19.2 Å². The third-order valence-electron chi connectivity index (χ3n) is 8.37. The van der Waals surface area contributed by atoms with Crippen LogP contribution in [0.5, 0.6) is 0 Å². The molecule has 4 amide bonds. The average molecular weight is 424 g/mol. The van der Waals surface area contributed by atoms with Crippen molar-refractivity contribution in [1.29, 1.82) is 0 Å². The Kier molecular flexibility index (Phi) is 3.41. The van der Waals surface area contributed by atoms with E-state index in [2.05, 4.69) is 0 Å².